The van der Waals surface area contributed by atoms with Gasteiger partial charge in [-0.1, -0.05) is 13.0 Å². The maximum Gasteiger partial charge on any atom is 0.306 e. The lowest BCUT2D eigenvalue weighted by molar-refractivity contribution is -0.147. The molecule has 8 heteroatoms. The number of carbonyl (C=O) groups excluding carboxylic acids is 2. The lowest BCUT2D eigenvalue weighted by atomic mass is 10.3. The second-order valence-corrected chi connectivity index (χ2v) is 6.93. The van der Waals surface area contributed by atoms with Gasteiger partial charge in [0.2, 0.25) is 10.0 Å². The summed E-state index contributed by atoms with van der Waals surface area (Å²) in [4.78, 5) is 22.9. The number of carbonyl (C=O) groups is 2. The molecule has 0 spiro atoms. The zero-order chi connectivity index (χ0) is 16.8. The van der Waals surface area contributed by atoms with Gasteiger partial charge in [0.1, 0.15) is 0 Å². The molecule has 7 nitrogen and oxygen atoms in total. The largest absolute Gasteiger partial charge is 0.456 e. The van der Waals surface area contributed by atoms with Crippen molar-refractivity contribution in [3.8, 4) is 0 Å². The van der Waals surface area contributed by atoms with Crippen molar-refractivity contribution >= 4 is 27.6 Å². The van der Waals surface area contributed by atoms with Gasteiger partial charge in [-0.2, -0.15) is 0 Å². The van der Waals surface area contributed by atoms with E-state index in [1.807, 2.05) is 6.92 Å². The monoisotopic (exact) mass is 328 g/mol. The third-order valence-corrected chi connectivity index (χ3v) is 4.53. The van der Waals surface area contributed by atoms with E-state index in [0.717, 1.165) is 4.31 Å². The van der Waals surface area contributed by atoms with E-state index in [1.54, 1.807) is 6.07 Å². The molecule has 0 saturated heterocycles. The number of nitrogens with zero attached hydrogens (tertiary/aromatic N) is 1. The number of hydrogen-bond donors (Lipinski definition) is 1. The smallest absolute Gasteiger partial charge is 0.306 e. The van der Waals surface area contributed by atoms with Gasteiger partial charge in [-0.25, -0.2) is 12.7 Å². The SMILES string of the molecule is CCCC(=O)OCC(=O)Nc1cccc(S(=O)(=O)N(C)C)c1. The van der Waals surface area contributed by atoms with Gasteiger partial charge in [-0.05, 0) is 24.6 Å². The minimum Gasteiger partial charge on any atom is -0.456 e. The van der Waals surface area contributed by atoms with Crippen LogP contribution in [0.25, 0.3) is 0 Å². The molecule has 0 fully saturated rings. The first-order valence-corrected chi connectivity index (χ1v) is 8.19. The molecular formula is C14H20N2O5S. The number of hydrogen-bond acceptors (Lipinski definition) is 5. The lowest BCUT2D eigenvalue weighted by Gasteiger charge is -2.12. The number of nitrogens with one attached hydrogen (secondary N) is 1. The van der Waals surface area contributed by atoms with Crippen molar-refractivity contribution in [3.63, 3.8) is 0 Å². The van der Waals surface area contributed by atoms with E-state index in [2.05, 4.69) is 5.32 Å². The molecule has 0 heterocycles. The molecule has 0 aromatic heterocycles. The molecule has 1 rings (SSSR count). The molecule has 1 aromatic carbocycles. The summed E-state index contributed by atoms with van der Waals surface area (Å²) in [6.45, 7) is 1.43. The van der Waals surface area contributed by atoms with Crippen molar-refractivity contribution in [2.24, 2.45) is 0 Å². The number of sulfonamides is 1. The van der Waals surface area contributed by atoms with E-state index in [0.29, 0.717) is 12.1 Å². The Labute approximate surface area is 130 Å². The highest BCUT2D eigenvalue weighted by Crippen LogP contribution is 2.17. The van der Waals surface area contributed by atoms with E-state index in [9.17, 15) is 18.0 Å². The van der Waals surface area contributed by atoms with Crippen molar-refractivity contribution in [1.82, 2.24) is 4.31 Å². The molecule has 1 aromatic rings. The van der Waals surface area contributed by atoms with E-state index in [4.69, 9.17) is 4.74 Å². The molecule has 0 radical (unpaired) electrons. The quantitative estimate of drug-likeness (QED) is 0.760. The molecular weight excluding hydrogens is 308 g/mol. The number of rotatable bonds is 7. The summed E-state index contributed by atoms with van der Waals surface area (Å²) in [5, 5.41) is 2.49. The molecule has 0 aliphatic heterocycles. The molecule has 22 heavy (non-hydrogen) atoms. The minimum absolute atomic E-state index is 0.0678. The third-order valence-electron chi connectivity index (χ3n) is 2.71. The van der Waals surface area contributed by atoms with E-state index in [-0.39, 0.29) is 11.3 Å². The summed E-state index contributed by atoms with van der Waals surface area (Å²) >= 11 is 0. The first kappa shape index (κ1) is 18.1. The molecule has 0 aliphatic rings. The van der Waals surface area contributed by atoms with E-state index >= 15 is 0 Å². The molecule has 122 valence electrons. The molecule has 1 N–H and O–H groups in total. The maximum absolute atomic E-state index is 12.0. The minimum atomic E-state index is -3.57. The highest BCUT2D eigenvalue weighted by Gasteiger charge is 2.17. The fraction of sp³-hybridized carbons (Fsp3) is 0.429. The van der Waals surface area contributed by atoms with Gasteiger partial charge in [0.05, 0.1) is 4.90 Å². The normalized spacial score (nSPS) is 11.3. The summed E-state index contributed by atoms with van der Waals surface area (Å²) in [7, 11) is -0.723. The van der Waals surface area contributed by atoms with Crippen LogP contribution in [0.3, 0.4) is 0 Å². The van der Waals surface area contributed by atoms with Gasteiger partial charge < -0.3 is 10.1 Å². The van der Waals surface area contributed by atoms with Crippen LogP contribution in [0.4, 0.5) is 5.69 Å². The van der Waals surface area contributed by atoms with Gasteiger partial charge in [0.25, 0.3) is 5.91 Å². The van der Waals surface area contributed by atoms with Gasteiger partial charge in [-0.3, -0.25) is 9.59 Å². The van der Waals surface area contributed by atoms with Gasteiger partial charge >= 0.3 is 5.97 Å². The zero-order valence-corrected chi connectivity index (χ0v) is 13.6. The fourth-order valence-electron chi connectivity index (χ4n) is 1.56. The van der Waals surface area contributed by atoms with Crippen LogP contribution in [0.15, 0.2) is 29.2 Å². The molecule has 0 saturated carbocycles. The Balaban J connectivity index is 2.71. The van der Waals surface area contributed by atoms with Crippen molar-refractivity contribution in [1.29, 1.82) is 0 Å². The summed E-state index contributed by atoms with van der Waals surface area (Å²) < 4.78 is 29.9. The number of ether oxygens (including phenoxy) is 1. The van der Waals surface area contributed by atoms with Crippen LogP contribution in [0.5, 0.6) is 0 Å². The van der Waals surface area contributed by atoms with Crippen molar-refractivity contribution in [2.75, 3.05) is 26.0 Å². The second kappa shape index (κ2) is 7.90. The van der Waals surface area contributed by atoms with E-state index in [1.165, 1.54) is 32.3 Å². The van der Waals surface area contributed by atoms with Crippen LogP contribution in [-0.2, 0) is 24.3 Å². The fourth-order valence-corrected chi connectivity index (χ4v) is 2.51. The van der Waals surface area contributed by atoms with Gasteiger partial charge in [-0.15, -0.1) is 0 Å². The van der Waals surface area contributed by atoms with Crippen LogP contribution < -0.4 is 5.32 Å². The van der Waals surface area contributed by atoms with Crippen LogP contribution >= 0.6 is 0 Å². The maximum atomic E-state index is 12.0. The Hall–Kier alpha value is -1.93. The second-order valence-electron chi connectivity index (χ2n) is 4.77. The summed E-state index contributed by atoms with van der Waals surface area (Å²) in [5.74, 6) is -0.967. The Kier molecular flexibility index (Phi) is 6.51. The van der Waals surface area contributed by atoms with Crippen molar-refractivity contribution < 1.29 is 22.7 Å². The third kappa shape index (κ3) is 5.12. The van der Waals surface area contributed by atoms with Gasteiger partial charge in [0, 0.05) is 26.2 Å². The highest BCUT2D eigenvalue weighted by molar-refractivity contribution is 7.89. The Morgan fingerprint density at radius 3 is 2.55 bits per heavy atom. The molecule has 0 atom stereocenters. The number of anilines is 1. The lowest BCUT2D eigenvalue weighted by Crippen LogP contribution is -2.23. The zero-order valence-electron chi connectivity index (χ0n) is 12.8. The Morgan fingerprint density at radius 2 is 1.95 bits per heavy atom. The van der Waals surface area contributed by atoms with Crippen LogP contribution in [0.1, 0.15) is 19.8 Å². The standard InChI is InChI=1S/C14H20N2O5S/c1-4-6-14(18)21-10-13(17)15-11-7-5-8-12(9-11)22(19,20)16(2)3/h5,7-9H,4,6,10H2,1-3H3,(H,15,17). The summed E-state index contributed by atoms with van der Waals surface area (Å²) in [6, 6.07) is 5.86. The highest BCUT2D eigenvalue weighted by atomic mass is 32.2. The molecule has 0 aliphatic carbocycles. The Bertz CT molecular complexity index is 640. The van der Waals surface area contributed by atoms with Crippen LogP contribution in [0, 0.1) is 0 Å². The number of amides is 1. The van der Waals surface area contributed by atoms with Crippen LogP contribution in [0.2, 0.25) is 0 Å². The van der Waals surface area contributed by atoms with Crippen molar-refractivity contribution in [3.05, 3.63) is 24.3 Å². The number of benzene rings is 1. The van der Waals surface area contributed by atoms with Gasteiger partial charge in [0.15, 0.2) is 6.61 Å². The molecule has 0 bridgehead atoms. The predicted molar refractivity (Wildman–Crippen MR) is 81.8 cm³/mol. The topological polar surface area (TPSA) is 92.8 Å². The first-order valence-electron chi connectivity index (χ1n) is 6.75. The van der Waals surface area contributed by atoms with E-state index < -0.39 is 28.5 Å². The van der Waals surface area contributed by atoms with Crippen LogP contribution in [-0.4, -0.2) is 45.3 Å². The summed E-state index contributed by atoms with van der Waals surface area (Å²) in [5.41, 5.74) is 0.319. The average Bonchev–Trinajstić information content (AvgIpc) is 2.45. The predicted octanol–water partition coefficient (Wildman–Crippen LogP) is 1.22. The average molecular weight is 328 g/mol. The van der Waals surface area contributed by atoms with Crippen molar-refractivity contribution in [2.45, 2.75) is 24.7 Å². The number of esters is 1. The first-order chi connectivity index (χ1) is 10.3. The Morgan fingerprint density at radius 1 is 1.27 bits per heavy atom. The molecule has 0 unspecified atom stereocenters. The molecule has 1 amide bonds. The summed E-state index contributed by atoms with van der Waals surface area (Å²) in [6.07, 6.45) is 0.898.